The fourth-order valence-corrected chi connectivity index (χ4v) is 4.70. The number of benzene rings is 1. The van der Waals surface area contributed by atoms with Gasteiger partial charge in [0, 0.05) is 36.6 Å². The Kier molecular flexibility index (Phi) is 6.89. The number of rotatable bonds is 6. The molecule has 6 nitrogen and oxygen atoms in total. The smallest absolute Gasteiger partial charge is 0.317 e. The summed E-state index contributed by atoms with van der Waals surface area (Å²) in [6, 6.07) is 9.89. The molecule has 1 aromatic carbocycles. The van der Waals surface area contributed by atoms with E-state index < -0.39 is 0 Å². The van der Waals surface area contributed by atoms with Crippen LogP contribution in [0.25, 0.3) is 0 Å². The highest BCUT2D eigenvalue weighted by molar-refractivity contribution is 7.08. The second-order valence-electron chi connectivity index (χ2n) is 8.07. The van der Waals surface area contributed by atoms with Crippen LogP contribution in [0.5, 0.6) is 5.75 Å². The predicted molar refractivity (Wildman–Crippen MR) is 118 cm³/mol. The lowest BCUT2D eigenvalue weighted by Gasteiger charge is -2.32. The number of nitrogens with one attached hydrogen (secondary N) is 2. The zero-order valence-corrected chi connectivity index (χ0v) is 18.0. The van der Waals surface area contributed by atoms with Crippen molar-refractivity contribution in [2.45, 2.75) is 57.2 Å². The number of piperidine rings is 1. The molecular formula is C23H29N3O3S. The van der Waals surface area contributed by atoms with Gasteiger partial charge >= 0.3 is 6.03 Å². The van der Waals surface area contributed by atoms with E-state index in [0.717, 1.165) is 37.0 Å². The Labute approximate surface area is 181 Å². The SMILES string of the molecule is O=C(NC1CCN(C(=O)NCc2ccc(OC3CCCC3)cc2)CC1)c1ccsc1. The molecule has 3 amide bonds. The van der Waals surface area contributed by atoms with Crippen molar-refractivity contribution < 1.29 is 14.3 Å². The number of ether oxygens (including phenoxy) is 1. The first kappa shape index (κ1) is 20.7. The molecule has 0 radical (unpaired) electrons. The minimum atomic E-state index is -0.0520. The molecule has 2 fully saturated rings. The first-order chi connectivity index (χ1) is 14.7. The number of thiophene rings is 1. The molecule has 2 aliphatic rings. The zero-order valence-electron chi connectivity index (χ0n) is 17.1. The largest absolute Gasteiger partial charge is 0.490 e. The minimum absolute atomic E-state index is 0.0282. The van der Waals surface area contributed by atoms with Crippen LogP contribution < -0.4 is 15.4 Å². The van der Waals surface area contributed by atoms with Gasteiger partial charge in [-0.15, -0.1) is 0 Å². The summed E-state index contributed by atoms with van der Waals surface area (Å²) in [5.41, 5.74) is 1.76. The van der Waals surface area contributed by atoms with Crippen LogP contribution in [0.4, 0.5) is 4.79 Å². The van der Waals surface area contributed by atoms with Crippen LogP contribution in [0.3, 0.4) is 0 Å². The summed E-state index contributed by atoms with van der Waals surface area (Å²) in [4.78, 5) is 26.5. The Morgan fingerprint density at radius 3 is 2.43 bits per heavy atom. The number of carbonyl (C=O) groups is 2. The maximum Gasteiger partial charge on any atom is 0.317 e. The van der Waals surface area contributed by atoms with Gasteiger partial charge in [-0.05, 0) is 67.7 Å². The Hall–Kier alpha value is -2.54. The molecule has 1 aliphatic heterocycles. The van der Waals surface area contributed by atoms with Gasteiger partial charge in [-0.1, -0.05) is 12.1 Å². The van der Waals surface area contributed by atoms with Gasteiger partial charge < -0.3 is 20.3 Å². The molecule has 0 spiro atoms. The highest BCUT2D eigenvalue weighted by atomic mass is 32.1. The van der Waals surface area contributed by atoms with Crippen molar-refractivity contribution in [3.05, 3.63) is 52.2 Å². The Bertz CT molecular complexity index is 824. The van der Waals surface area contributed by atoms with Crippen LogP contribution in [0.15, 0.2) is 41.1 Å². The maximum atomic E-state index is 12.5. The van der Waals surface area contributed by atoms with E-state index in [-0.39, 0.29) is 18.0 Å². The predicted octanol–water partition coefficient (Wildman–Crippen LogP) is 4.17. The topological polar surface area (TPSA) is 70.7 Å². The van der Waals surface area contributed by atoms with Crippen LogP contribution in [-0.4, -0.2) is 42.1 Å². The fraction of sp³-hybridized carbons (Fsp3) is 0.478. The first-order valence-corrected chi connectivity index (χ1v) is 11.7. The third-order valence-corrected chi connectivity index (χ3v) is 6.56. The van der Waals surface area contributed by atoms with Crippen molar-refractivity contribution in [1.29, 1.82) is 0 Å². The molecule has 2 heterocycles. The van der Waals surface area contributed by atoms with E-state index in [1.165, 1.54) is 24.2 Å². The van der Waals surface area contributed by atoms with Crippen LogP contribution in [0.2, 0.25) is 0 Å². The summed E-state index contributed by atoms with van der Waals surface area (Å²) in [6.07, 6.45) is 6.71. The molecule has 0 atom stereocenters. The monoisotopic (exact) mass is 427 g/mol. The van der Waals surface area contributed by atoms with E-state index in [4.69, 9.17) is 4.74 Å². The average molecular weight is 428 g/mol. The second kappa shape index (κ2) is 9.98. The summed E-state index contributed by atoms with van der Waals surface area (Å²) >= 11 is 1.52. The first-order valence-electron chi connectivity index (χ1n) is 10.8. The molecular weight excluding hydrogens is 398 g/mol. The van der Waals surface area contributed by atoms with Crippen molar-refractivity contribution in [2.75, 3.05) is 13.1 Å². The quantitative estimate of drug-likeness (QED) is 0.727. The highest BCUT2D eigenvalue weighted by Gasteiger charge is 2.24. The lowest BCUT2D eigenvalue weighted by atomic mass is 10.0. The Morgan fingerprint density at radius 1 is 1.03 bits per heavy atom. The third kappa shape index (κ3) is 5.53. The molecule has 1 aliphatic carbocycles. The second-order valence-corrected chi connectivity index (χ2v) is 8.85. The number of likely N-dealkylation sites (tertiary alicyclic amines) is 1. The van der Waals surface area contributed by atoms with Gasteiger partial charge in [0.15, 0.2) is 0 Å². The van der Waals surface area contributed by atoms with Gasteiger partial charge in [0.2, 0.25) is 0 Å². The summed E-state index contributed by atoms with van der Waals surface area (Å²) in [5.74, 6) is 0.878. The molecule has 1 saturated heterocycles. The molecule has 1 aromatic heterocycles. The van der Waals surface area contributed by atoms with Crippen molar-refractivity contribution in [3.63, 3.8) is 0 Å². The van der Waals surface area contributed by atoms with Gasteiger partial charge in [0.05, 0.1) is 6.10 Å². The van der Waals surface area contributed by atoms with Crippen LogP contribution in [0, 0.1) is 0 Å². The van der Waals surface area contributed by atoms with Gasteiger partial charge in [0.25, 0.3) is 5.91 Å². The number of carbonyl (C=O) groups excluding carboxylic acids is 2. The fourth-order valence-electron chi connectivity index (χ4n) is 4.06. The molecule has 30 heavy (non-hydrogen) atoms. The minimum Gasteiger partial charge on any atom is -0.490 e. The third-order valence-electron chi connectivity index (χ3n) is 5.87. The number of hydrogen-bond donors (Lipinski definition) is 2. The number of urea groups is 1. The van der Waals surface area contributed by atoms with Gasteiger partial charge in [0.1, 0.15) is 5.75 Å². The normalized spacial score (nSPS) is 17.7. The molecule has 1 saturated carbocycles. The summed E-state index contributed by atoms with van der Waals surface area (Å²) in [7, 11) is 0. The van der Waals surface area contributed by atoms with E-state index in [1.54, 1.807) is 0 Å². The standard InChI is InChI=1S/C23H29N3O3S/c27-22(18-11-14-30-16-18)25-19-9-12-26(13-10-19)23(28)24-15-17-5-7-21(8-6-17)29-20-3-1-2-4-20/h5-8,11,14,16,19-20H,1-4,9-10,12-13,15H2,(H,24,28)(H,25,27). The lowest BCUT2D eigenvalue weighted by Crippen LogP contribution is -2.49. The number of nitrogens with zero attached hydrogens (tertiary/aromatic N) is 1. The zero-order chi connectivity index (χ0) is 20.8. The highest BCUT2D eigenvalue weighted by Crippen LogP contribution is 2.24. The summed E-state index contributed by atoms with van der Waals surface area (Å²) in [5, 5.41) is 9.82. The van der Waals surface area contributed by atoms with Crippen molar-refractivity contribution in [1.82, 2.24) is 15.5 Å². The number of amides is 3. The Morgan fingerprint density at radius 2 is 1.77 bits per heavy atom. The number of hydrogen-bond acceptors (Lipinski definition) is 4. The van der Waals surface area contributed by atoms with Crippen LogP contribution >= 0.6 is 11.3 Å². The molecule has 4 rings (SSSR count). The van der Waals surface area contributed by atoms with Crippen molar-refractivity contribution in [2.24, 2.45) is 0 Å². The summed E-state index contributed by atoms with van der Waals surface area (Å²) < 4.78 is 5.99. The van der Waals surface area contributed by atoms with Crippen LogP contribution in [-0.2, 0) is 6.54 Å². The van der Waals surface area contributed by atoms with Gasteiger partial charge in [-0.25, -0.2) is 4.79 Å². The molecule has 7 heteroatoms. The van der Waals surface area contributed by atoms with Crippen LogP contribution in [0.1, 0.15) is 54.4 Å². The average Bonchev–Trinajstić information content (AvgIpc) is 3.48. The van der Waals surface area contributed by atoms with Crippen molar-refractivity contribution in [3.8, 4) is 5.75 Å². The maximum absolute atomic E-state index is 12.5. The molecule has 160 valence electrons. The van der Waals surface area contributed by atoms with E-state index in [2.05, 4.69) is 10.6 Å². The van der Waals surface area contributed by atoms with Gasteiger partial charge in [-0.2, -0.15) is 11.3 Å². The van der Waals surface area contributed by atoms with E-state index in [9.17, 15) is 9.59 Å². The van der Waals surface area contributed by atoms with Crippen molar-refractivity contribution >= 4 is 23.3 Å². The van der Waals surface area contributed by atoms with E-state index in [1.807, 2.05) is 46.0 Å². The molecule has 0 bridgehead atoms. The molecule has 0 unspecified atom stereocenters. The van der Waals surface area contributed by atoms with Gasteiger partial charge in [-0.3, -0.25) is 4.79 Å². The lowest BCUT2D eigenvalue weighted by molar-refractivity contribution is 0.0918. The molecule has 2 aromatic rings. The molecule has 2 N–H and O–H groups in total. The van der Waals surface area contributed by atoms with E-state index >= 15 is 0 Å². The van der Waals surface area contributed by atoms with E-state index in [0.29, 0.717) is 31.3 Å². The Balaban J connectivity index is 1.17. The summed E-state index contributed by atoms with van der Waals surface area (Å²) in [6.45, 7) is 1.79.